The Kier molecular flexibility index (Phi) is 5.57. The zero-order chi connectivity index (χ0) is 13.5. The Labute approximate surface area is 105 Å². The summed E-state index contributed by atoms with van der Waals surface area (Å²) >= 11 is 0. The number of methoxy groups -OCH3 is 1. The lowest BCUT2D eigenvalue weighted by molar-refractivity contribution is -0.149. The first-order valence-corrected chi connectivity index (χ1v) is 5.80. The molecule has 2 N–H and O–H groups in total. The number of ether oxygens (including phenoxy) is 1. The summed E-state index contributed by atoms with van der Waals surface area (Å²) in [6, 6.07) is 0. The number of carbonyl (C=O) groups excluding carboxylic acids is 2. The Morgan fingerprint density at radius 1 is 1.56 bits per heavy atom. The van der Waals surface area contributed by atoms with E-state index in [1.165, 1.54) is 12.0 Å². The molecule has 0 aromatic carbocycles. The van der Waals surface area contributed by atoms with Crippen LogP contribution in [0.3, 0.4) is 0 Å². The molecule has 102 valence electrons. The minimum atomic E-state index is -0.924. The van der Waals surface area contributed by atoms with E-state index in [0.29, 0.717) is 19.6 Å². The largest absolute Gasteiger partial charge is 0.481 e. The zero-order valence-corrected chi connectivity index (χ0v) is 10.3. The third-order valence-electron chi connectivity index (χ3n) is 2.81. The van der Waals surface area contributed by atoms with E-state index in [0.717, 1.165) is 0 Å². The van der Waals surface area contributed by atoms with Crippen molar-refractivity contribution in [1.82, 2.24) is 10.2 Å². The molecule has 1 saturated heterocycles. The molecular formula is C11H18N2O5. The highest BCUT2D eigenvalue weighted by Crippen LogP contribution is 2.17. The normalized spacial score (nSPS) is 19.7. The SMILES string of the molecule is COCCNC(=O)CN1CC(C(=O)O)CCC1=O. The van der Waals surface area contributed by atoms with E-state index in [2.05, 4.69) is 5.32 Å². The third-order valence-corrected chi connectivity index (χ3v) is 2.81. The van der Waals surface area contributed by atoms with Gasteiger partial charge in [-0.15, -0.1) is 0 Å². The van der Waals surface area contributed by atoms with Gasteiger partial charge in [0, 0.05) is 26.6 Å². The summed E-state index contributed by atoms with van der Waals surface area (Å²) in [5, 5.41) is 11.5. The van der Waals surface area contributed by atoms with Crippen molar-refractivity contribution in [3.05, 3.63) is 0 Å². The molecule has 1 unspecified atom stereocenters. The first-order chi connectivity index (χ1) is 8.54. The fourth-order valence-corrected chi connectivity index (χ4v) is 1.79. The van der Waals surface area contributed by atoms with Gasteiger partial charge in [-0.2, -0.15) is 0 Å². The number of hydrogen-bond acceptors (Lipinski definition) is 4. The van der Waals surface area contributed by atoms with Gasteiger partial charge in [0.15, 0.2) is 0 Å². The molecule has 0 aromatic heterocycles. The van der Waals surface area contributed by atoms with Crippen molar-refractivity contribution in [2.24, 2.45) is 5.92 Å². The molecule has 1 aliphatic heterocycles. The van der Waals surface area contributed by atoms with Gasteiger partial charge in [0.05, 0.1) is 19.1 Å². The van der Waals surface area contributed by atoms with Crippen LogP contribution in [-0.4, -0.2) is 61.1 Å². The second-order valence-corrected chi connectivity index (χ2v) is 4.19. The molecule has 7 heteroatoms. The number of amides is 2. The van der Waals surface area contributed by atoms with Crippen molar-refractivity contribution in [3.8, 4) is 0 Å². The van der Waals surface area contributed by atoms with Gasteiger partial charge in [-0.05, 0) is 6.42 Å². The minimum Gasteiger partial charge on any atom is -0.481 e. The first-order valence-electron chi connectivity index (χ1n) is 5.80. The van der Waals surface area contributed by atoms with Crippen LogP contribution < -0.4 is 5.32 Å². The molecule has 0 aromatic rings. The van der Waals surface area contributed by atoms with Crippen molar-refractivity contribution >= 4 is 17.8 Å². The van der Waals surface area contributed by atoms with E-state index in [9.17, 15) is 14.4 Å². The average molecular weight is 258 g/mol. The number of carboxylic acids is 1. The van der Waals surface area contributed by atoms with Crippen molar-refractivity contribution in [2.75, 3.05) is 33.4 Å². The van der Waals surface area contributed by atoms with Crippen molar-refractivity contribution < 1.29 is 24.2 Å². The quantitative estimate of drug-likeness (QED) is 0.600. The van der Waals surface area contributed by atoms with Gasteiger partial charge in [0.2, 0.25) is 11.8 Å². The van der Waals surface area contributed by atoms with Crippen LogP contribution in [0.1, 0.15) is 12.8 Å². The molecule has 7 nitrogen and oxygen atoms in total. The number of aliphatic carboxylic acids is 1. The number of piperidine rings is 1. The number of nitrogens with one attached hydrogen (secondary N) is 1. The van der Waals surface area contributed by atoms with Crippen LogP contribution in [0.25, 0.3) is 0 Å². The summed E-state index contributed by atoms with van der Waals surface area (Å²) in [5.41, 5.74) is 0. The van der Waals surface area contributed by atoms with Gasteiger partial charge >= 0.3 is 5.97 Å². The molecule has 1 rings (SSSR count). The summed E-state index contributed by atoms with van der Waals surface area (Å²) in [4.78, 5) is 35.2. The van der Waals surface area contributed by atoms with E-state index < -0.39 is 11.9 Å². The highest BCUT2D eigenvalue weighted by atomic mass is 16.5. The first kappa shape index (κ1) is 14.4. The van der Waals surface area contributed by atoms with Crippen LogP contribution in [0.2, 0.25) is 0 Å². The van der Waals surface area contributed by atoms with Crippen LogP contribution in [0.15, 0.2) is 0 Å². The minimum absolute atomic E-state index is 0.0909. The molecule has 1 aliphatic rings. The Hall–Kier alpha value is -1.63. The van der Waals surface area contributed by atoms with E-state index in [4.69, 9.17) is 9.84 Å². The molecule has 1 heterocycles. The molecule has 0 bridgehead atoms. The summed E-state index contributed by atoms with van der Waals surface area (Å²) in [6.45, 7) is 0.787. The molecule has 1 fully saturated rings. The lowest BCUT2D eigenvalue weighted by Gasteiger charge is -2.30. The summed E-state index contributed by atoms with van der Waals surface area (Å²) in [7, 11) is 1.53. The van der Waals surface area contributed by atoms with Gasteiger partial charge in [0.1, 0.15) is 0 Å². The second-order valence-electron chi connectivity index (χ2n) is 4.19. The zero-order valence-electron chi connectivity index (χ0n) is 10.3. The fraction of sp³-hybridized carbons (Fsp3) is 0.727. The summed E-state index contributed by atoms with van der Waals surface area (Å²) < 4.78 is 4.78. The average Bonchev–Trinajstić information content (AvgIpc) is 2.32. The van der Waals surface area contributed by atoms with Gasteiger partial charge in [0.25, 0.3) is 0 Å². The van der Waals surface area contributed by atoms with Crippen LogP contribution in [0, 0.1) is 5.92 Å². The van der Waals surface area contributed by atoms with E-state index in [1.807, 2.05) is 0 Å². The molecule has 1 atom stereocenters. The lowest BCUT2D eigenvalue weighted by Crippen LogP contribution is -2.47. The lowest BCUT2D eigenvalue weighted by atomic mass is 9.98. The molecule has 0 radical (unpaired) electrons. The van der Waals surface area contributed by atoms with Gasteiger partial charge in [-0.25, -0.2) is 0 Å². The van der Waals surface area contributed by atoms with Gasteiger partial charge in [-0.1, -0.05) is 0 Å². The monoisotopic (exact) mass is 258 g/mol. The Morgan fingerprint density at radius 2 is 2.28 bits per heavy atom. The van der Waals surface area contributed by atoms with Crippen LogP contribution in [0.4, 0.5) is 0 Å². The maximum Gasteiger partial charge on any atom is 0.308 e. The number of carboxylic acid groups (broad SMARTS) is 1. The third kappa shape index (κ3) is 4.33. The van der Waals surface area contributed by atoms with Gasteiger partial charge < -0.3 is 20.1 Å². The van der Waals surface area contributed by atoms with Crippen molar-refractivity contribution in [1.29, 1.82) is 0 Å². The van der Waals surface area contributed by atoms with E-state index in [-0.39, 0.29) is 31.3 Å². The van der Waals surface area contributed by atoms with E-state index in [1.54, 1.807) is 0 Å². The number of likely N-dealkylation sites (tertiary alicyclic amines) is 1. The smallest absolute Gasteiger partial charge is 0.308 e. The number of carbonyl (C=O) groups is 3. The number of nitrogens with zero attached hydrogens (tertiary/aromatic N) is 1. The Morgan fingerprint density at radius 3 is 2.89 bits per heavy atom. The van der Waals surface area contributed by atoms with Crippen molar-refractivity contribution in [2.45, 2.75) is 12.8 Å². The van der Waals surface area contributed by atoms with E-state index >= 15 is 0 Å². The Balaban J connectivity index is 2.41. The Bertz CT molecular complexity index is 331. The molecule has 2 amide bonds. The summed E-state index contributed by atoms with van der Waals surface area (Å²) in [5.74, 6) is -1.97. The molecule has 0 saturated carbocycles. The van der Waals surface area contributed by atoms with Crippen LogP contribution in [-0.2, 0) is 19.1 Å². The second kappa shape index (κ2) is 6.95. The predicted molar refractivity (Wildman–Crippen MR) is 61.8 cm³/mol. The maximum atomic E-state index is 11.6. The molecule has 0 aliphatic carbocycles. The maximum absolute atomic E-state index is 11.6. The molecule has 18 heavy (non-hydrogen) atoms. The number of hydrogen-bond donors (Lipinski definition) is 2. The molecular weight excluding hydrogens is 240 g/mol. The summed E-state index contributed by atoms with van der Waals surface area (Å²) in [6.07, 6.45) is 0.526. The predicted octanol–water partition coefficient (Wildman–Crippen LogP) is -0.928. The number of rotatable bonds is 6. The highest BCUT2D eigenvalue weighted by molar-refractivity contribution is 5.86. The standard InChI is InChI=1S/C11H18N2O5/c1-18-5-4-12-9(14)7-13-6-8(11(16)17)2-3-10(13)15/h8H,2-7H2,1H3,(H,12,14)(H,16,17). The topological polar surface area (TPSA) is 95.9 Å². The fourth-order valence-electron chi connectivity index (χ4n) is 1.79. The molecule has 0 spiro atoms. The van der Waals surface area contributed by atoms with Gasteiger partial charge in [-0.3, -0.25) is 14.4 Å². The highest BCUT2D eigenvalue weighted by Gasteiger charge is 2.30. The van der Waals surface area contributed by atoms with Crippen molar-refractivity contribution in [3.63, 3.8) is 0 Å². The van der Waals surface area contributed by atoms with Crippen LogP contribution >= 0.6 is 0 Å². The van der Waals surface area contributed by atoms with Crippen LogP contribution in [0.5, 0.6) is 0 Å².